The highest BCUT2D eigenvalue weighted by molar-refractivity contribution is 7.92. The number of alkyl halides is 3. The van der Waals surface area contributed by atoms with Gasteiger partial charge in [0.2, 0.25) is 0 Å². The molecular formula is C24H22F3N7O4S. The van der Waals surface area contributed by atoms with Crippen LogP contribution in [0.1, 0.15) is 30.5 Å². The van der Waals surface area contributed by atoms with E-state index in [1.807, 2.05) is 6.07 Å². The first-order valence-electron chi connectivity index (χ1n) is 11.9. The molecule has 39 heavy (non-hydrogen) atoms. The summed E-state index contributed by atoms with van der Waals surface area (Å²) in [5.74, 6) is 0.591. The van der Waals surface area contributed by atoms with Gasteiger partial charge in [0.1, 0.15) is 11.4 Å². The van der Waals surface area contributed by atoms with E-state index in [0.29, 0.717) is 36.2 Å². The van der Waals surface area contributed by atoms with Crippen molar-refractivity contribution in [1.29, 1.82) is 5.26 Å². The molecule has 1 amide bonds. The molecular weight excluding hydrogens is 539 g/mol. The monoisotopic (exact) mass is 561 g/mol. The molecule has 15 heteroatoms. The van der Waals surface area contributed by atoms with Crippen LogP contribution in [0, 0.1) is 18.3 Å². The number of carbonyl (C=O) groups is 1. The Morgan fingerprint density at radius 2 is 1.97 bits per heavy atom. The molecule has 1 aliphatic carbocycles. The Labute approximate surface area is 221 Å². The number of anilines is 1. The fourth-order valence-electron chi connectivity index (χ4n) is 4.47. The molecule has 0 unspecified atom stereocenters. The van der Waals surface area contributed by atoms with Crippen LogP contribution in [0.5, 0.6) is 0 Å². The number of nitrogens with one attached hydrogen (secondary N) is 1. The molecule has 0 spiro atoms. The van der Waals surface area contributed by atoms with Crippen molar-refractivity contribution in [2.24, 2.45) is 0 Å². The summed E-state index contributed by atoms with van der Waals surface area (Å²) < 4.78 is 75.2. The smallest absolute Gasteiger partial charge is 0.417 e. The van der Waals surface area contributed by atoms with Crippen LogP contribution in [0.2, 0.25) is 0 Å². The van der Waals surface area contributed by atoms with E-state index in [9.17, 15) is 31.6 Å². The van der Waals surface area contributed by atoms with E-state index >= 15 is 0 Å². The van der Waals surface area contributed by atoms with Gasteiger partial charge in [-0.1, -0.05) is 12.1 Å². The molecule has 204 valence electrons. The summed E-state index contributed by atoms with van der Waals surface area (Å²) in [6.07, 6.45) is -5.03. The number of halogens is 3. The number of benzene rings is 1. The quantitative estimate of drug-likeness (QED) is 0.480. The summed E-state index contributed by atoms with van der Waals surface area (Å²) in [4.78, 5) is 13.3. The van der Waals surface area contributed by atoms with Crippen molar-refractivity contribution >= 4 is 21.7 Å². The molecule has 2 aliphatic rings. The number of ether oxygens (including phenoxy) is 1. The topological polar surface area (TPSA) is 143 Å². The molecule has 11 nitrogen and oxygen atoms in total. The molecule has 3 aromatic rings. The van der Waals surface area contributed by atoms with Crippen LogP contribution in [0.3, 0.4) is 0 Å². The van der Waals surface area contributed by atoms with Gasteiger partial charge in [-0.2, -0.15) is 33.3 Å². The number of rotatable bonds is 6. The fraction of sp³-hybridized carbons (Fsp3) is 0.375. The minimum Gasteiger partial charge on any atom is -0.425 e. The Balaban J connectivity index is 1.52. The van der Waals surface area contributed by atoms with Gasteiger partial charge in [-0.15, -0.1) is 5.10 Å². The SMILES string of the molecule is Cc1cc(N2C[C@H](S(=O)(=O)c3ccccc3C(F)(F)F)C[C@@H]2OC(=O)NC2(C#N)CC2)n(-c2cccnn2)n1. The predicted octanol–water partition coefficient (Wildman–Crippen LogP) is 3.15. The average molecular weight is 562 g/mol. The summed E-state index contributed by atoms with van der Waals surface area (Å²) in [7, 11) is -4.54. The molecule has 0 bridgehead atoms. The number of nitrogens with zero attached hydrogens (tertiary/aromatic N) is 6. The summed E-state index contributed by atoms with van der Waals surface area (Å²) in [6, 6.07) is 10.8. The number of sulfone groups is 1. The number of aryl methyl sites for hydroxylation is 1. The van der Waals surface area contributed by atoms with E-state index in [0.717, 1.165) is 12.1 Å². The Hall–Kier alpha value is -4.19. The normalized spacial score (nSPS) is 20.3. The number of hydrogen-bond acceptors (Lipinski definition) is 9. The second-order valence-corrected chi connectivity index (χ2v) is 11.6. The van der Waals surface area contributed by atoms with Crippen LogP contribution in [-0.2, 0) is 20.8 Å². The van der Waals surface area contributed by atoms with E-state index in [1.165, 1.54) is 21.8 Å². The van der Waals surface area contributed by atoms with Gasteiger partial charge in [0.15, 0.2) is 21.9 Å². The molecule has 3 heterocycles. The highest BCUT2D eigenvalue weighted by Crippen LogP contribution is 2.39. The molecule has 1 aromatic carbocycles. The first kappa shape index (κ1) is 26.4. The highest BCUT2D eigenvalue weighted by atomic mass is 32.2. The maximum absolute atomic E-state index is 13.7. The van der Waals surface area contributed by atoms with Gasteiger partial charge in [-0.05, 0) is 44.0 Å². The zero-order valence-electron chi connectivity index (χ0n) is 20.5. The van der Waals surface area contributed by atoms with Crippen LogP contribution >= 0.6 is 0 Å². The predicted molar refractivity (Wildman–Crippen MR) is 129 cm³/mol. The summed E-state index contributed by atoms with van der Waals surface area (Å²) in [5.41, 5.74) is -1.80. The van der Waals surface area contributed by atoms with Gasteiger partial charge < -0.3 is 15.0 Å². The van der Waals surface area contributed by atoms with Crippen LogP contribution in [0.15, 0.2) is 53.6 Å². The van der Waals surface area contributed by atoms with Crippen LogP contribution in [0.4, 0.5) is 23.8 Å². The second-order valence-electron chi connectivity index (χ2n) is 9.37. The minimum atomic E-state index is -4.89. The molecule has 0 radical (unpaired) electrons. The van der Waals surface area contributed by atoms with Crippen molar-refractivity contribution in [3.05, 3.63) is 59.9 Å². The van der Waals surface area contributed by atoms with Crippen molar-refractivity contribution in [2.75, 3.05) is 11.4 Å². The van der Waals surface area contributed by atoms with E-state index in [4.69, 9.17) is 4.74 Å². The highest BCUT2D eigenvalue weighted by Gasteiger charge is 2.49. The van der Waals surface area contributed by atoms with Gasteiger partial charge in [0.25, 0.3) is 0 Å². The zero-order chi connectivity index (χ0) is 28.0. The molecule has 1 saturated heterocycles. The fourth-order valence-corrected chi connectivity index (χ4v) is 6.37. The molecule has 2 atom stereocenters. The molecule has 2 fully saturated rings. The van der Waals surface area contributed by atoms with Crippen molar-refractivity contribution in [3.63, 3.8) is 0 Å². The third kappa shape index (κ3) is 5.11. The number of nitriles is 1. The number of amides is 1. The summed E-state index contributed by atoms with van der Waals surface area (Å²) in [6.45, 7) is 1.38. The second kappa shape index (κ2) is 9.53. The lowest BCUT2D eigenvalue weighted by Gasteiger charge is -2.26. The maximum Gasteiger partial charge on any atom is 0.417 e. The standard InChI is InChI=1S/C24H22F3N7O4S/c1-15-11-20(34(32-15)19-7-4-10-29-31-19)33-13-16(12-21(33)38-22(35)30-23(14-28)8-9-23)39(36,37)18-6-3-2-5-17(18)24(25,26)27/h2-7,10-11,16,21H,8-9,12-13H2,1H3,(H,30,35)/t16-,21+/m1/s1. The maximum atomic E-state index is 13.7. The third-order valence-electron chi connectivity index (χ3n) is 6.58. The molecule has 1 aliphatic heterocycles. The first-order valence-corrected chi connectivity index (χ1v) is 13.4. The van der Waals surface area contributed by atoms with Gasteiger partial charge in [0.05, 0.1) is 27.5 Å². The largest absolute Gasteiger partial charge is 0.425 e. The summed E-state index contributed by atoms with van der Waals surface area (Å²) >= 11 is 0. The molecule has 1 saturated carbocycles. The number of aromatic nitrogens is 4. The van der Waals surface area contributed by atoms with Crippen molar-refractivity contribution in [3.8, 4) is 11.9 Å². The number of hydrogen-bond donors (Lipinski definition) is 1. The number of alkyl carbamates (subject to hydrolysis) is 1. The molecule has 1 N–H and O–H groups in total. The average Bonchev–Trinajstić information content (AvgIpc) is 3.36. The Kier molecular flexibility index (Phi) is 6.45. The Morgan fingerprint density at radius 3 is 2.62 bits per heavy atom. The van der Waals surface area contributed by atoms with Crippen molar-refractivity contribution in [1.82, 2.24) is 25.3 Å². The summed E-state index contributed by atoms with van der Waals surface area (Å²) in [5, 5.41) is 22.7. The lowest BCUT2D eigenvalue weighted by atomic mass is 10.2. The van der Waals surface area contributed by atoms with Crippen molar-refractivity contribution < 1.29 is 31.1 Å². The van der Waals surface area contributed by atoms with Gasteiger partial charge >= 0.3 is 12.3 Å². The van der Waals surface area contributed by atoms with Crippen molar-refractivity contribution in [2.45, 2.75) is 54.3 Å². The van der Waals surface area contributed by atoms with Crippen LogP contribution in [-0.4, -0.2) is 58.1 Å². The Morgan fingerprint density at radius 1 is 1.23 bits per heavy atom. The van der Waals surface area contributed by atoms with Gasteiger partial charge in [0, 0.05) is 25.2 Å². The Bertz CT molecular complexity index is 1550. The zero-order valence-corrected chi connectivity index (χ0v) is 21.3. The van der Waals surface area contributed by atoms with E-state index in [1.54, 1.807) is 25.1 Å². The van der Waals surface area contributed by atoms with E-state index in [-0.39, 0.29) is 13.0 Å². The lowest BCUT2D eigenvalue weighted by Crippen LogP contribution is -2.42. The molecule has 2 aromatic heterocycles. The minimum absolute atomic E-state index is 0.291. The van der Waals surface area contributed by atoms with Crippen LogP contribution in [0.25, 0.3) is 5.82 Å². The van der Waals surface area contributed by atoms with E-state index in [2.05, 4.69) is 20.6 Å². The van der Waals surface area contributed by atoms with Gasteiger partial charge in [-0.25, -0.2) is 13.2 Å². The van der Waals surface area contributed by atoms with Gasteiger partial charge in [-0.3, -0.25) is 0 Å². The lowest BCUT2D eigenvalue weighted by molar-refractivity contribution is -0.139. The van der Waals surface area contributed by atoms with Crippen LogP contribution < -0.4 is 10.2 Å². The molecule has 5 rings (SSSR count). The third-order valence-corrected chi connectivity index (χ3v) is 8.77. The van der Waals surface area contributed by atoms with E-state index < -0.39 is 49.6 Å². The number of carbonyl (C=O) groups excluding carboxylic acids is 1. The first-order chi connectivity index (χ1) is 18.4.